The largest absolute Gasteiger partial charge is 0.354 e. The van der Waals surface area contributed by atoms with Gasteiger partial charge in [0.1, 0.15) is 0 Å². The Kier molecular flexibility index (Phi) is 3.53. The molecule has 3 aromatic rings. The van der Waals surface area contributed by atoms with Crippen molar-refractivity contribution in [1.82, 2.24) is 4.98 Å². The SMILES string of the molecule is CC(C)c1cccc2c(C=O)c(-c3ccc(F)c(F)c3)[nH]c12. The van der Waals surface area contributed by atoms with Gasteiger partial charge in [-0.15, -0.1) is 0 Å². The molecule has 2 nitrogen and oxygen atoms in total. The van der Waals surface area contributed by atoms with Crippen LogP contribution in [0.4, 0.5) is 8.78 Å². The standard InChI is InChI=1S/C18H15F2NO/c1-10(2)12-4-3-5-13-14(9-22)17(21-18(12)13)11-6-7-15(19)16(20)8-11/h3-10,21H,1-2H3. The lowest BCUT2D eigenvalue weighted by molar-refractivity contribution is 0.112. The zero-order valence-corrected chi connectivity index (χ0v) is 12.3. The number of para-hydroxylation sites is 1. The van der Waals surface area contributed by atoms with Gasteiger partial charge in [-0.2, -0.15) is 0 Å². The number of hydrogen-bond donors (Lipinski definition) is 1. The Hall–Kier alpha value is -2.49. The molecule has 0 spiro atoms. The number of rotatable bonds is 3. The van der Waals surface area contributed by atoms with E-state index in [4.69, 9.17) is 0 Å². The van der Waals surface area contributed by atoms with E-state index < -0.39 is 11.6 Å². The highest BCUT2D eigenvalue weighted by Crippen LogP contribution is 2.33. The number of aromatic amines is 1. The van der Waals surface area contributed by atoms with Gasteiger partial charge in [-0.1, -0.05) is 32.0 Å². The second kappa shape index (κ2) is 5.37. The van der Waals surface area contributed by atoms with Crippen LogP contribution in [-0.2, 0) is 0 Å². The lowest BCUT2D eigenvalue weighted by atomic mass is 9.99. The van der Waals surface area contributed by atoms with Crippen LogP contribution in [0.25, 0.3) is 22.2 Å². The molecule has 0 aliphatic rings. The number of hydrogen-bond acceptors (Lipinski definition) is 1. The average molecular weight is 299 g/mol. The molecule has 0 fully saturated rings. The summed E-state index contributed by atoms with van der Waals surface area (Å²) >= 11 is 0. The van der Waals surface area contributed by atoms with Crippen LogP contribution in [0.1, 0.15) is 35.7 Å². The molecular formula is C18H15F2NO. The van der Waals surface area contributed by atoms with Gasteiger partial charge in [0.2, 0.25) is 0 Å². The van der Waals surface area contributed by atoms with Crippen LogP contribution in [-0.4, -0.2) is 11.3 Å². The van der Waals surface area contributed by atoms with Crippen molar-refractivity contribution >= 4 is 17.2 Å². The molecule has 0 radical (unpaired) electrons. The number of benzene rings is 2. The predicted molar refractivity (Wildman–Crippen MR) is 83.1 cm³/mol. The van der Waals surface area contributed by atoms with Gasteiger partial charge >= 0.3 is 0 Å². The van der Waals surface area contributed by atoms with Gasteiger partial charge in [0, 0.05) is 16.5 Å². The fourth-order valence-corrected chi connectivity index (χ4v) is 2.74. The maximum absolute atomic E-state index is 13.5. The van der Waals surface area contributed by atoms with E-state index in [1.807, 2.05) is 18.2 Å². The Bertz CT molecular complexity index is 865. The lowest BCUT2D eigenvalue weighted by Gasteiger charge is -2.06. The monoisotopic (exact) mass is 299 g/mol. The van der Waals surface area contributed by atoms with Crippen molar-refractivity contribution < 1.29 is 13.6 Å². The number of carbonyl (C=O) groups excluding carboxylic acids is 1. The molecule has 1 aromatic heterocycles. The Morgan fingerprint density at radius 2 is 1.86 bits per heavy atom. The van der Waals surface area contributed by atoms with Gasteiger partial charge < -0.3 is 4.98 Å². The van der Waals surface area contributed by atoms with Crippen LogP contribution in [0, 0.1) is 11.6 Å². The molecule has 0 saturated carbocycles. The van der Waals surface area contributed by atoms with Crippen LogP contribution in [0.15, 0.2) is 36.4 Å². The molecule has 112 valence electrons. The molecule has 0 saturated heterocycles. The summed E-state index contributed by atoms with van der Waals surface area (Å²) in [6, 6.07) is 9.37. The number of H-pyrrole nitrogens is 1. The zero-order valence-electron chi connectivity index (χ0n) is 12.3. The maximum atomic E-state index is 13.5. The normalized spacial score (nSPS) is 11.3. The third-order valence-corrected chi connectivity index (χ3v) is 3.85. The minimum Gasteiger partial charge on any atom is -0.354 e. The van der Waals surface area contributed by atoms with E-state index in [-0.39, 0.29) is 5.92 Å². The Morgan fingerprint density at radius 3 is 2.50 bits per heavy atom. The molecule has 3 rings (SSSR count). The van der Waals surface area contributed by atoms with Gasteiger partial charge in [-0.25, -0.2) is 8.78 Å². The highest BCUT2D eigenvalue weighted by molar-refractivity contribution is 6.05. The minimum absolute atomic E-state index is 0.277. The molecule has 22 heavy (non-hydrogen) atoms. The minimum atomic E-state index is -0.933. The van der Waals surface area contributed by atoms with Crippen molar-refractivity contribution in [3.8, 4) is 11.3 Å². The number of halogens is 2. The van der Waals surface area contributed by atoms with Crippen LogP contribution in [0.3, 0.4) is 0 Å². The van der Waals surface area contributed by atoms with E-state index in [0.717, 1.165) is 34.9 Å². The molecule has 1 N–H and O–H groups in total. The van der Waals surface area contributed by atoms with Crippen molar-refractivity contribution in [2.75, 3.05) is 0 Å². The van der Waals surface area contributed by atoms with E-state index in [0.29, 0.717) is 16.8 Å². The van der Waals surface area contributed by atoms with Gasteiger partial charge in [0.05, 0.1) is 11.2 Å². The summed E-state index contributed by atoms with van der Waals surface area (Å²) in [5.74, 6) is -1.56. The topological polar surface area (TPSA) is 32.9 Å². The van der Waals surface area contributed by atoms with E-state index in [1.54, 1.807) is 0 Å². The van der Waals surface area contributed by atoms with Gasteiger partial charge in [0.15, 0.2) is 17.9 Å². The fourth-order valence-electron chi connectivity index (χ4n) is 2.74. The summed E-state index contributed by atoms with van der Waals surface area (Å²) in [4.78, 5) is 14.7. The van der Waals surface area contributed by atoms with Gasteiger partial charge in [-0.3, -0.25) is 4.79 Å². The van der Waals surface area contributed by atoms with Crippen LogP contribution >= 0.6 is 0 Å². The summed E-state index contributed by atoms with van der Waals surface area (Å²) in [5, 5.41) is 0.793. The first-order valence-electron chi connectivity index (χ1n) is 7.08. The molecule has 0 aliphatic carbocycles. The summed E-state index contributed by atoms with van der Waals surface area (Å²) in [5.41, 5.74) is 3.36. The lowest BCUT2D eigenvalue weighted by Crippen LogP contribution is -1.89. The quantitative estimate of drug-likeness (QED) is 0.674. The third-order valence-electron chi connectivity index (χ3n) is 3.85. The van der Waals surface area contributed by atoms with E-state index in [9.17, 15) is 13.6 Å². The fraction of sp³-hybridized carbons (Fsp3) is 0.167. The van der Waals surface area contributed by atoms with Crippen LogP contribution in [0.5, 0.6) is 0 Å². The molecule has 4 heteroatoms. The molecule has 0 bridgehead atoms. The number of aldehydes is 1. The van der Waals surface area contributed by atoms with Gasteiger partial charge in [0.25, 0.3) is 0 Å². The summed E-state index contributed by atoms with van der Waals surface area (Å²) in [7, 11) is 0. The molecule has 0 unspecified atom stereocenters. The second-order valence-corrected chi connectivity index (χ2v) is 5.58. The first-order chi connectivity index (χ1) is 10.5. The van der Waals surface area contributed by atoms with Gasteiger partial charge in [-0.05, 0) is 29.7 Å². The van der Waals surface area contributed by atoms with E-state index in [2.05, 4.69) is 18.8 Å². The van der Waals surface area contributed by atoms with Crippen molar-refractivity contribution in [2.45, 2.75) is 19.8 Å². The molecular weight excluding hydrogens is 284 g/mol. The first-order valence-corrected chi connectivity index (χ1v) is 7.08. The highest BCUT2D eigenvalue weighted by atomic mass is 19.2. The number of nitrogens with one attached hydrogen (secondary N) is 1. The molecule has 0 amide bonds. The van der Waals surface area contributed by atoms with E-state index >= 15 is 0 Å². The van der Waals surface area contributed by atoms with Crippen LogP contribution < -0.4 is 0 Å². The van der Waals surface area contributed by atoms with E-state index in [1.165, 1.54) is 6.07 Å². The maximum Gasteiger partial charge on any atom is 0.159 e. The van der Waals surface area contributed by atoms with Crippen molar-refractivity contribution in [3.05, 3.63) is 59.2 Å². The van der Waals surface area contributed by atoms with Crippen molar-refractivity contribution in [1.29, 1.82) is 0 Å². The Morgan fingerprint density at radius 1 is 1.09 bits per heavy atom. The molecule has 2 aromatic carbocycles. The Labute approximate surface area is 126 Å². The molecule has 0 aliphatic heterocycles. The second-order valence-electron chi connectivity index (χ2n) is 5.58. The summed E-state index contributed by atoms with van der Waals surface area (Å²) < 4.78 is 26.6. The van der Waals surface area contributed by atoms with Crippen molar-refractivity contribution in [2.24, 2.45) is 0 Å². The molecule has 1 heterocycles. The summed E-state index contributed by atoms with van der Waals surface area (Å²) in [6.45, 7) is 4.13. The number of fused-ring (bicyclic) bond motifs is 1. The number of aromatic nitrogens is 1. The van der Waals surface area contributed by atoms with Crippen LogP contribution in [0.2, 0.25) is 0 Å². The van der Waals surface area contributed by atoms with Crippen molar-refractivity contribution in [3.63, 3.8) is 0 Å². The smallest absolute Gasteiger partial charge is 0.159 e. The Balaban J connectivity index is 2.32. The molecule has 0 atom stereocenters. The highest BCUT2D eigenvalue weighted by Gasteiger charge is 2.17. The zero-order chi connectivity index (χ0) is 15.9. The number of carbonyl (C=O) groups is 1. The first kappa shape index (κ1) is 14.4. The predicted octanol–water partition coefficient (Wildman–Crippen LogP) is 5.05. The average Bonchev–Trinajstić information content (AvgIpc) is 2.88. The third kappa shape index (κ3) is 2.21. The summed E-state index contributed by atoms with van der Waals surface area (Å²) in [6.07, 6.45) is 0.750.